The minimum Gasteiger partial charge on any atom is -0.394 e. The number of H-pyrrole nitrogens is 1. The van der Waals surface area contributed by atoms with Crippen LogP contribution >= 0.6 is 0 Å². The number of fused-ring (bicyclic) bond motifs is 1. The number of carbonyl (C=O) groups excluding carboxylic acids is 1. The van der Waals surface area contributed by atoms with Gasteiger partial charge in [0.15, 0.2) is 0 Å². The van der Waals surface area contributed by atoms with E-state index in [9.17, 15) is 4.79 Å². The van der Waals surface area contributed by atoms with Gasteiger partial charge in [0.05, 0.1) is 12.6 Å². The van der Waals surface area contributed by atoms with Gasteiger partial charge in [0, 0.05) is 23.6 Å². The second kappa shape index (κ2) is 7.13. The van der Waals surface area contributed by atoms with Gasteiger partial charge in [0.1, 0.15) is 0 Å². The van der Waals surface area contributed by atoms with Crippen molar-refractivity contribution < 1.29 is 9.90 Å². The lowest BCUT2D eigenvalue weighted by molar-refractivity contribution is 0.214. The number of aliphatic hydroxyl groups excluding tert-OH is 1. The molecule has 1 unspecified atom stereocenters. The minimum atomic E-state index is -0.230. The number of rotatable bonds is 6. The van der Waals surface area contributed by atoms with Crippen LogP contribution < -0.4 is 10.6 Å². The molecular weight excluding hydrogens is 266 g/mol. The van der Waals surface area contributed by atoms with Gasteiger partial charge < -0.3 is 20.7 Å². The Hall–Kier alpha value is -2.01. The van der Waals surface area contributed by atoms with Crippen molar-refractivity contribution in [2.75, 3.05) is 13.2 Å². The molecule has 5 nitrogen and oxygen atoms in total. The highest BCUT2D eigenvalue weighted by atomic mass is 16.3. The number of urea groups is 1. The lowest BCUT2D eigenvalue weighted by atomic mass is 10.1. The Labute approximate surface area is 124 Å². The first-order valence-corrected chi connectivity index (χ1v) is 7.36. The molecule has 0 radical (unpaired) electrons. The summed E-state index contributed by atoms with van der Waals surface area (Å²) in [5, 5.41) is 15.8. The normalized spacial score (nSPS) is 12.3. The third-order valence-corrected chi connectivity index (χ3v) is 3.65. The lowest BCUT2D eigenvalue weighted by Crippen LogP contribution is -2.44. The highest BCUT2D eigenvalue weighted by Gasteiger charge is 2.09. The van der Waals surface area contributed by atoms with Crippen LogP contribution in [0, 0.1) is 6.92 Å². The average molecular weight is 289 g/mol. The van der Waals surface area contributed by atoms with Gasteiger partial charge in [-0.15, -0.1) is 0 Å². The number of aliphatic hydroxyl groups is 1. The Morgan fingerprint density at radius 1 is 1.43 bits per heavy atom. The lowest BCUT2D eigenvalue weighted by Gasteiger charge is -2.14. The Morgan fingerprint density at radius 2 is 2.24 bits per heavy atom. The van der Waals surface area contributed by atoms with Crippen LogP contribution in [0.25, 0.3) is 10.9 Å². The van der Waals surface area contributed by atoms with Crippen LogP contribution in [-0.4, -0.2) is 35.3 Å². The summed E-state index contributed by atoms with van der Waals surface area (Å²) in [6, 6.07) is 5.90. The molecule has 0 saturated heterocycles. The Balaban J connectivity index is 1.86. The van der Waals surface area contributed by atoms with Crippen LogP contribution in [0.4, 0.5) is 4.79 Å². The molecule has 21 heavy (non-hydrogen) atoms. The second-order valence-electron chi connectivity index (χ2n) is 5.30. The Morgan fingerprint density at radius 3 is 2.95 bits per heavy atom. The number of aryl methyl sites for hydroxylation is 1. The number of hydrogen-bond acceptors (Lipinski definition) is 2. The van der Waals surface area contributed by atoms with Crippen LogP contribution in [0.1, 0.15) is 24.5 Å². The molecule has 2 amide bonds. The standard InChI is InChI=1S/C16H23N3O2/c1-3-13(10-20)19-16(21)17-7-6-12-9-18-15-8-11(2)4-5-14(12)15/h4-5,8-9,13,18,20H,3,6-7,10H2,1-2H3,(H2,17,19,21). The molecule has 0 bridgehead atoms. The molecule has 2 aromatic rings. The fourth-order valence-electron chi connectivity index (χ4n) is 2.33. The number of aromatic nitrogens is 1. The van der Waals surface area contributed by atoms with Crippen LogP contribution in [-0.2, 0) is 6.42 Å². The molecule has 114 valence electrons. The molecule has 0 saturated carbocycles. The van der Waals surface area contributed by atoms with Gasteiger partial charge in [-0.1, -0.05) is 19.1 Å². The molecule has 1 aromatic heterocycles. The van der Waals surface area contributed by atoms with Gasteiger partial charge in [-0.25, -0.2) is 4.79 Å². The Bertz CT molecular complexity index is 603. The zero-order chi connectivity index (χ0) is 15.2. The van der Waals surface area contributed by atoms with Gasteiger partial charge in [0.2, 0.25) is 0 Å². The largest absolute Gasteiger partial charge is 0.394 e. The maximum absolute atomic E-state index is 11.7. The fraction of sp³-hybridized carbons (Fsp3) is 0.438. The minimum absolute atomic E-state index is 0.0360. The highest BCUT2D eigenvalue weighted by Crippen LogP contribution is 2.19. The molecule has 2 rings (SSSR count). The first-order chi connectivity index (χ1) is 10.1. The SMILES string of the molecule is CCC(CO)NC(=O)NCCc1c[nH]c2cc(C)ccc12. The molecule has 0 aliphatic rings. The first kappa shape index (κ1) is 15.4. The van der Waals surface area contributed by atoms with Crippen LogP contribution in [0.2, 0.25) is 0 Å². The van der Waals surface area contributed by atoms with Crippen LogP contribution in [0.3, 0.4) is 0 Å². The van der Waals surface area contributed by atoms with E-state index in [1.54, 1.807) is 0 Å². The zero-order valence-electron chi connectivity index (χ0n) is 12.6. The summed E-state index contributed by atoms with van der Waals surface area (Å²) in [5.74, 6) is 0. The molecule has 0 spiro atoms. The van der Waals surface area contributed by atoms with E-state index in [0.29, 0.717) is 13.0 Å². The van der Waals surface area contributed by atoms with Gasteiger partial charge in [-0.2, -0.15) is 0 Å². The maximum Gasteiger partial charge on any atom is 0.315 e. The van der Waals surface area contributed by atoms with Gasteiger partial charge in [-0.05, 0) is 37.0 Å². The van der Waals surface area contributed by atoms with E-state index in [0.717, 1.165) is 11.9 Å². The molecular formula is C16H23N3O2. The number of hydrogen-bond donors (Lipinski definition) is 4. The number of amides is 2. The summed E-state index contributed by atoms with van der Waals surface area (Å²) in [7, 11) is 0. The third-order valence-electron chi connectivity index (χ3n) is 3.65. The van der Waals surface area contributed by atoms with E-state index in [-0.39, 0.29) is 18.7 Å². The van der Waals surface area contributed by atoms with Gasteiger partial charge >= 0.3 is 6.03 Å². The summed E-state index contributed by atoms with van der Waals surface area (Å²) in [6.07, 6.45) is 3.48. The van der Waals surface area contributed by atoms with Crippen molar-refractivity contribution in [3.63, 3.8) is 0 Å². The topological polar surface area (TPSA) is 77.2 Å². The number of nitrogens with one attached hydrogen (secondary N) is 3. The summed E-state index contributed by atoms with van der Waals surface area (Å²) >= 11 is 0. The summed E-state index contributed by atoms with van der Waals surface area (Å²) < 4.78 is 0. The van der Waals surface area contributed by atoms with Crippen molar-refractivity contribution in [2.24, 2.45) is 0 Å². The highest BCUT2D eigenvalue weighted by molar-refractivity contribution is 5.83. The molecule has 0 fully saturated rings. The molecule has 5 heteroatoms. The van der Waals surface area contributed by atoms with Crippen molar-refractivity contribution in [1.82, 2.24) is 15.6 Å². The van der Waals surface area contributed by atoms with Crippen LogP contribution in [0.5, 0.6) is 0 Å². The average Bonchev–Trinajstić information content (AvgIpc) is 2.87. The monoisotopic (exact) mass is 289 g/mol. The van der Waals surface area contributed by atoms with Crippen LogP contribution in [0.15, 0.2) is 24.4 Å². The van der Waals surface area contributed by atoms with E-state index in [4.69, 9.17) is 5.11 Å². The van der Waals surface area contributed by atoms with Crippen molar-refractivity contribution in [2.45, 2.75) is 32.7 Å². The van der Waals surface area contributed by atoms with E-state index in [2.05, 4.69) is 40.7 Å². The van der Waals surface area contributed by atoms with Crippen molar-refractivity contribution >= 4 is 16.9 Å². The molecule has 0 aliphatic heterocycles. The predicted octanol–water partition coefficient (Wildman–Crippen LogP) is 2.09. The quantitative estimate of drug-likeness (QED) is 0.657. The first-order valence-electron chi connectivity index (χ1n) is 7.36. The smallest absolute Gasteiger partial charge is 0.315 e. The molecule has 1 heterocycles. The van der Waals surface area contributed by atoms with Gasteiger partial charge in [0.25, 0.3) is 0 Å². The molecule has 1 atom stereocenters. The molecule has 0 aliphatic carbocycles. The number of aromatic amines is 1. The summed E-state index contributed by atoms with van der Waals surface area (Å²) in [6.45, 7) is 4.52. The van der Waals surface area contributed by atoms with E-state index >= 15 is 0 Å². The maximum atomic E-state index is 11.7. The predicted molar refractivity (Wildman–Crippen MR) is 84.4 cm³/mol. The van der Waals surface area contributed by atoms with E-state index < -0.39 is 0 Å². The summed E-state index contributed by atoms with van der Waals surface area (Å²) in [4.78, 5) is 14.9. The fourth-order valence-corrected chi connectivity index (χ4v) is 2.33. The van der Waals surface area contributed by atoms with Gasteiger partial charge in [-0.3, -0.25) is 0 Å². The number of carbonyl (C=O) groups is 1. The molecule has 4 N–H and O–H groups in total. The van der Waals surface area contributed by atoms with E-state index in [1.165, 1.54) is 16.5 Å². The van der Waals surface area contributed by atoms with Crippen molar-refractivity contribution in [3.8, 4) is 0 Å². The Kier molecular flexibility index (Phi) is 5.22. The molecule has 1 aromatic carbocycles. The van der Waals surface area contributed by atoms with Crippen molar-refractivity contribution in [3.05, 3.63) is 35.5 Å². The second-order valence-corrected chi connectivity index (χ2v) is 5.30. The third kappa shape index (κ3) is 3.98. The van der Waals surface area contributed by atoms with E-state index in [1.807, 2.05) is 13.1 Å². The number of benzene rings is 1. The van der Waals surface area contributed by atoms with Crippen molar-refractivity contribution in [1.29, 1.82) is 0 Å². The summed E-state index contributed by atoms with van der Waals surface area (Å²) in [5.41, 5.74) is 3.54. The zero-order valence-corrected chi connectivity index (χ0v) is 12.6.